The Kier molecular flexibility index (Phi) is 3.81. The number of nitrogens with zero attached hydrogens (tertiary/aromatic N) is 1. The van der Waals surface area contributed by atoms with Crippen molar-refractivity contribution in [2.45, 2.75) is 18.9 Å². The van der Waals surface area contributed by atoms with E-state index in [0.29, 0.717) is 6.54 Å². The van der Waals surface area contributed by atoms with Gasteiger partial charge in [-0.2, -0.15) is 0 Å². The average molecular weight is 257 g/mol. The van der Waals surface area contributed by atoms with Gasteiger partial charge in [-0.3, -0.25) is 10.1 Å². The number of nitro groups is 1. The first kappa shape index (κ1) is 12.1. The number of halogens is 1. The molecule has 0 amide bonds. The smallest absolute Gasteiger partial charge is 0.329 e. The summed E-state index contributed by atoms with van der Waals surface area (Å²) in [6, 6.07) is 4.73. The normalized spacial score (nSPS) is 19.9. The summed E-state index contributed by atoms with van der Waals surface area (Å²) in [5.74, 6) is 0.246. The van der Waals surface area contributed by atoms with Crippen LogP contribution in [0.1, 0.15) is 12.8 Å². The van der Waals surface area contributed by atoms with Crippen molar-refractivity contribution in [2.24, 2.45) is 0 Å². The van der Waals surface area contributed by atoms with Crippen molar-refractivity contribution in [1.82, 2.24) is 5.32 Å². The lowest BCUT2D eigenvalue weighted by Crippen LogP contribution is -2.37. The van der Waals surface area contributed by atoms with Crippen molar-refractivity contribution < 1.29 is 9.66 Å². The summed E-state index contributed by atoms with van der Waals surface area (Å²) in [5.41, 5.74) is -0.153. The van der Waals surface area contributed by atoms with Crippen LogP contribution in [0.3, 0.4) is 0 Å². The number of hydrogen-bond acceptors (Lipinski definition) is 4. The van der Waals surface area contributed by atoms with Crippen molar-refractivity contribution in [2.75, 3.05) is 13.1 Å². The zero-order chi connectivity index (χ0) is 12.3. The fourth-order valence-corrected chi connectivity index (χ4v) is 2.10. The minimum atomic E-state index is -0.506. The summed E-state index contributed by atoms with van der Waals surface area (Å²) in [7, 11) is 0. The van der Waals surface area contributed by atoms with Crippen LogP contribution in [-0.4, -0.2) is 24.1 Å². The SMILES string of the molecule is O=[N+]([O-])c1c(Cl)cccc1OC1CCCNC1. The lowest BCUT2D eigenvalue weighted by molar-refractivity contribution is -0.385. The van der Waals surface area contributed by atoms with Crippen LogP contribution in [-0.2, 0) is 0 Å². The lowest BCUT2D eigenvalue weighted by Gasteiger charge is -2.23. The predicted octanol–water partition coefficient (Wildman–Crippen LogP) is 2.38. The number of hydrogen-bond donors (Lipinski definition) is 1. The van der Waals surface area contributed by atoms with E-state index in [1.807, 2.05) is 0 Å². The molecule has 92 valence electrons. The summed E-state index contributed by atoms with van der Waals surface area (Å²) in [5, 5.41) is 14.2. The molecule has 17 heavy (non-hydrogen) atoms. The van der Waals surface area contributed by atoms with Crippen molar-refractivity contribution in [3.8, 4) is 5.75 Å². The number of nitrogens with one attached hydrogen (secondary N) is 1. The molecule has 1 aliphatic rings. The van der Waals surface area contributed by atoms with Crippen LogP contribution >= 0.6 is 11.6 Å². The molecule has 1 aromatic rings. The van der Waals surface area contributed by atoms with E-state index in [9.17, 15) is 10.1 Å². The maximum absolute atomic E-state index is 10.9. The lowest BCUT2D eigenvalue weighted by atomic mass is 10.1. The Labute approximate surface area is 104 Å². The Morgan fingerprint density at radius 2 is 2.35 bits per heavy atom. The molecule has 0 saturated carbocycles. The average Bonchev–Trinajstić information content (AvgIpc) is 2.30. The van der Waals surface area contributed by atoms with Gasteiger partial charge in [-0.05, 0) is 31.5 Å². The monoisotopic (exact) mass is 256 g/mol. The molecule has 0 radical (unpaired) electrons. The molecule has 6 heteroatoms. The van der Waals surface area contributed by atoms with Crippen molar-refractivity contribution in [1.29, 1.82) is 0 Å². The van der Waals surface area contributed by atoms with Crippen molar-refractivity contribution >= 4 is 17.3 Å². The molecule has 0 bridgehead atoms. The van der Waals surface area contributed by atoms with E-state index < -0.39 is 4.92 Å². The standard InChI is InChI=1S/C11H13ClN2O3/c12-9-4-1-5-10(11(9)14(15)16)17-8-3-2-6-13-7-8/h1,4-5,8,13H,2-3,6-7H2. The predicted molar refractivity (Wildman–Crippen MR) is 64.6 cm³/mol. The molecule has 0 spiro atoms. The first-order chi connectivity index (χ1) is 8.18. The van der Waals surface area contributed by atoms with Crippen LogP contribution in [0.15, 0.2) is 18.2 Å². The zero-order valence-corrected chi connectivity index (χ0v) is 9.94. The molecule has 1 N–H and O–H groups in total. The van der Waals surface area contributed by atoms with E-state index in [-0.39, 0.29) is 22.6 Å². The molecular formula is C11H13ClN2O3. The number of piperidine rings is 1. The maximum atomic E-state index is 10.9. The zero-order valence-electron chi connectivity index (χ0n) is 9.19. The highest BCUT2D eigenvalue weighted by molar-refractivity contribution is 6.32. The fourth-order valence-electron chi connectivity index (χ4n) is 1.87. The Hall–Kier alpha value is -1.33. The molecule has 1 atom stereocenters. The first-order valence-electron chi connectivity index (χ1n) is 5.49. The van der Waals surface area contributed by atoms with Gasteiger partial charge in [-0.15, -0.1) is 0 Å². The second kappa shape index (κ2) is 5.33. The molecule has 0 aliphatic carbocycles. The number of ether oxygens (including phenoxy) is 1. The van der Waals surface area contributed by atoms with Crippen LogP contribution in [0.4, 0.5) is 5.69 Å². The van der Waals surface area contributed by atoms with Crippen LogP contribution in [0.25, 0.3) is 0 Å². The van der Waals surface area contributed by atoms with E-state index in [4.69, 9.17) is 16.3 Å². The van der Waals surface area contributed by atoms with Gasteiger partial charge in [0.25, 0.3) is 0 Å². The van der Waals surface area contributed by atoms with Gasteiger partial charge in [0.1, 0.15) is 11.1 Å². The second-order valence-electron chi connectivity index (χ2n) is 3.93. The fraction of sp³-hybridized carbons (Fsp3) is 0.455. The third-order valence-corrected chi connectivity index (χ3v) is 2.98. The summed E-state index contributed by atoms with van der Waals surface area (Å²) < 4.78 is 5.64. The minimum Gasteiger partial charge on any atom is -0.482 e. The van der Waals surface area contributed by atoms with Crippen LogP contribution in [0, 0.1) is 10.1 Å². The summed E-state index contributed by atoms with van der Waals surface area (Å²) in [4.78, 5) is 10.4. The molecule has 1 aliphatic heterocycles. The third-order valence-electron chi connectivity index (χ3n) is 2.68. The van der Waals surface area contributed by atoms with Crippen LogP contribution < -0.4 is 10.1 Å². The number of benzene rings is 1. The van der Waals surface area contributed by atoms with Crippen molar-refractivity contribution in [3.63, 3.8) is 0 Å². The highest BCUT2D eigenvalue weighted by atomic mass is 35.5. The van der Waals surface area contributed by atoms with Gasteiger partial charge in [0.15, 0.2) is 5.75 Å². The van der Waals surface area contributed by atoms with E-state index in [0.717, 1.165) is 19.4 Å². The van der Waals surface area contributed by atoms with E-state index >= 15 is 0 Å². The molecular weight excluding hydrogens is 244 g/mol. The maximum Gasteiger partial charge on any atom is 0.329 e. The second-order valence-corrected chi connectivity index (χ2v) is 4.34. The summed E-state index contributed by atoms with van der Waals surface area (Å²) >= 11 is 5.80. The Bertz CT molecular complexity index is 419. The van der Waals surface area contributed by atoms with Gasteiger partial charge in [0.2, 0.25) is 0 Å². The quantitative estimate of drug-likeness (QED) is 0.666. The van der Waals surface area contributed by atoms with E-state index in [2.05, 4.69) is 5.32 Å². The van der Waals surface area contributed by atoms with Crippen LogP contribution in [0.2, 0.25) is 5.02 Å². The number of nitro benzene ring substituents is 1. The Balaban J connectivity index is 2.19. The summed E-state index contributed by atoms with van der Waals surface area (Å²) in [6.07, 6.45) is 1.89. The van der Waals surface area contributed by atoms with Gasteiger partial charge in [0, 0.05) is 6.54 Å². The number of rotatable bonds is 3. The van der Waals surface area contributed by atoms with Gasteiger partial charge >= 0.3 is 5.69 Å². The topological polar surface area (TPSA) is 64.4 Å². The molecule has 1 fully saturated rings. The molecule has 1 unspecified atom stereocenters. The molecule has 1 heterocycles. The van der Waals surface area contributed by atoms with Gasteiger partial charge < -0.3 is 10.1 Å². The third kappa shape index (κ3) is 2.87. The van der Waals surface area contributed by atoms with Crippen molar-refractivity contribution in [3.05, 3.63) is 33.3 Å². The molecule has 2 rings (SSSR count). The Morgan fingerprint density at radius 1 is 1.53 bits per heavy atom. The molecule has 0 aromatic heterocycles. The van der Waals surface area contributed by atoms with Gasteiger partial charge in [0.05, 0.1) is 4.92 Å². The number of para-hydroxylation sites is 1. The Morgan fingerprint density at radius 3 is 3.00 bits per heavy atom. The van der Waals surface area contributed by atoms with Gasteiger partial charge in [-0.25, -0.2) is 0 Å². The largest absolute Gasteiger partial charge is 0.482 e. The summed E-state index contributed by atoms with van der Waals surface area (Å²) in [6.45, 7) is 1.68. The van der Waals surface area contributed by atoms with E-state index in [1.165, 1.54) is 6.07 Å². The molecule has 1 aromatic carbocycles. The van der Waals surface area contributed by atoms with Gasteiger partial charge in [-0.1, -0.05) is 17.7 Å². The highest BCUT2D eigenvalue weighted by Gasteiger charge is 2.23. The molecule has 5 nitrogen and oxygen atoms in total. The highest BCUT2D eigenvalue weighted by Crippen LogP contribution is 2.35. The van der Waals surface area contributed by atoms with Crippen LogP contribution in [0.5, 0.6) is 5.75 Å². The van der Waals surface area contributed by atoms with E-state index in [1.54, 1.807) is 12.1 Å². The molecule has 1 saturated heterocycles. The minimum absolute atomic E-state index is 0.0269. The first-order valence-corrected chi connectivity index (χ1v) is 5.86.